The number of benzene rings is 2. The number of para-hydroxylation sites is 1. The van der Waals surface area contributed by atoms with E-state index in [1.54, 1.807) is 24.9 Å². The Balaban J connectivity index is 2.38. The Morgan fingerprint density at radius 1 is 1.15 bits per heavy atom. The average molecular weight is 291 g/mol. The van der Waals surface area contributed by atoms with Crippen LogP contribution in [-0.2, 0) is 0 Å². The number of methoxy groups -OCH3 is 1. The molecule has 1 unspecified atom stereocenters. The minimum atomic E-state index is -0.216. The van der Waals surface area contributed by atoms with Crippen molar-refractivity contribution in [3.05, 3.63) is 53.8 Å². The lowest BCUT2D eigenvalue weighted by Gasteiger charge is -2.16. The zero-order chi connectivity index (χ0) is 14.5. The fourth-order valence-electron chi connectivity index (χ4n) is 1.93. The molecule has 0 heterocycles. The molecule has 106 valence electrons. The van der Waals surface area contributed by atoms with Crippen molar-refractivity contribution in [2.75, 3.05) is 14.2 Å². The molecule has 2 rings (SSSR count). The van der Waals surface area contributed by atoms with Gasteiger partial charge in [-0.05, 0) is 49.9 Å². The number of rotatable bonds is 5. The molecule has 2 aromatic carbocycles. The summed E-state index contributed by atoms with van der Waals surface area (Å²) in [5.74, 6) is 0.608. The standard InChI is InChI=1S/C16H18FNOS/c1-11(18-2)13-10-12(17)8-9-15(13)20-16-7-5-4-6-14(16)19-3/h4-11,18H,1-3H3. The highest BCUT2D eigenvalue weighted by molar-refractivity contribution is 7.99. The van der Waals surface area contributed by atoms with Gasteiger partial charge in [-0.25, -0.2) is 4.39 Å². The van der Waals surface area contributed by atoms with E-state index >= 15 is 0 Å². The summed E-state index contributed by atoms with van der Waals surface area (Å²) in [6.07, 6.45) is 0. The van der Waals surface area contributed by atoms with Crippen LogP contribution in [0.25, 0.3) is 0 Å². The van der Waals surface area contributed by atoms with Gasteiger partial charge in [-0.15, -0.1) is 0 Å². The van der Waals surface area contributed by atoms with Crippen LogP contribution >= 0.6 is 11.8 Å². The SMILES string of the molecule is CNC(C)c1cc(F)ccc1Sc1ccccc1OC. The Kier molecular flexibility index (Phi) is 5.04. The third-order valence-electron chi connectivity index (χ3n) is 3.16. The molecule has 4 heteroatoms. The van der Waals surface area contributed by atoms with Crippen molar-refractivity contribution >= 4 is 11.8 Å². The second-order valence-electron chi connectivity index (χ2n) is 4.45. The first-order chi connectivity index (χ1) is 9.65. The predicted octanol–water partition coefficient (Wildman–Crippen LogP) is 4.27. The van der Waals surface area contributed by atoms with Crippen molar-refractivity contribution in [1.82, 2.24) is 5.32 Å². The summed E-state index contributed by atoms with van der Waals surface area (Å²) >= 11 is 1.59. The number of halogens is 1. The molecule has 2 aromatic rings. The molecule has 0 saturated heterocycles. The highest BCUT2D eigenvalue weighted by atomic mass is 32.2. The Labute approximate surface area is 123 Å². The van der Waals surface area contributed by atoms with Crippen LogP contribution in [0.4, 0.5) is 4.39 Å². The van der Waals surface area contributed by atoms with Crippen LogP contribution in [0.15, 0.2) is 52.3 Å². The average Bonchev–Trinajstić information content (AvgIpc) is 2.48. The van der Waals surface area contributed by atoms with Crippen molar-refractivity contribution in [3.63, 3.8) is 0 Å². The summed E-state index contributed by atoms with van der Waals surface area (Å²) < 4.78 is 18.8. The Morgan fingerprint density at radius 2 is 1.90 bits per heavy atom. The highest BCUT2D eigenvalue weighted by Crippen LogP contribution is 2.38. The van der Waals surface area contributed by atoms with Gasteiger partial charge in [-0.3, -0.25) is 0 Å². The third kappa shape index (κ3) is 3.32. The van der Waals surface area contributed by atoms with Crippen LogP contribution in [0.1, 0.15) is 18.5 Å². The molecule has 0 spiro atoms. The number of hydrogen-bond acceptors (Lipinski definition) is 3. The molecule has 0 bridgehead atoms. The third-order valence-corrected chi connectivity index (χ3v) is 4.31. The largest absolute Gasteiger partial charge is 0.496 e. The lowest BCUT2D eigenvalue weighted by molar-refractivity contribution is 0.405. The van der Waals surface area contributed by atoms with Crippen LogP contribution < -0.4 is 10.1 Å². The Bertz CT molecular complexity index is 588. The van der Waals surface area contributed by atoms with Crippen LogP contribution in [0.2, 0.25) is 0 Å². The summed E-state index contributed by atoms with van der Waals surface area (Å²) in [4.78, 5) is 2.05. The lowest BCUT2D eigenvalue weighted by Crippen LogP contribution is -2.13. The van der Waals surface area contributed by atoms with Gasteiger partial charge < -0.3 is 10.1 Å². The van der Waals surface area contributed by atoms with Gasteiger partial charge in [-0.2, -0.15) is 0 Å². The van der Waals surface area contributed by atoms with Crippen LogP contribution in [0, 0.1) is 5.82 Å². The Hall–Kier alpha value is -1.52. The van der Waals surface area contributed by atoms with Crippen molar-refractivity contribution in [3.8, 4) is 5.75 Å². The minimum absolute atomic E-state index is 0.0860. The zero-order valence-electron chi connectivity index (χ0n) is 11.8. The van der Waals surface area contributed by atoms with Crippen molar-refractivity contribution in [1.29, 1.82) is 0 Å². The zero-order valence-corrected chi connectivity index (χ0v) is 12.6. The fourth-order valence-corrected chi connectivity index (χ4v) is 3.05. The van der Waals surface area contributed by atoms with Crippen LogP contribution in [0.5, 0.6) is 5.75 Å². The number of hydrogen-bond donors (Lipinski definition) is 1. The fraction of sp³-hybridized carbons (Fsp3) is 0.250. The molecular formula is C16H18FNOS. The van der Waals surface area contributed by atoms with Crippen LogP contribution in [-0.4, -0.2) is 14.2 Å². The van der Waals surface area contributed by atoms with Gasteiger partial charge in [0.2, 0.25) is 0 Å². The Morgan fingerprint density at radius 3 is 2.60 bits per heavy atom. The van der Waals surface area contributed by atoms with Gasteiger partial charge in [0.05, 0.1) is 12.0 Å². The van der Waals surface area contributed by atoms with E-state index < -0.39 is 0 Å². The quantitative estimate of drug-likeness (QED) is 0.889. The second-order valence-corrected chi connectivity index (χ2v) is 5.53. The molecule has 0 aliphatic rings. The molecule has 1 N–H and O–H groups in total. The maximum absolute atomic E-state index is 13.5. The molecule has 0 aliphatic heterocycles. The van der Waals surface area contributed by atoms with E-state index in [0.717, 1.165) is 21.1 Å². The van der Waals surface area contributed by atoms with E-state index in [1.807, 2.05) is 44.3 Å². The first-order valence-electron chi connectivity index (χ1n) is 6.43. The van der Waals surface area contributed by atoms with E-state index in [2.05, 4.69) is 5.32 Å². The second kappa shape index (κ2) is 6.77. The van der Waals surface area contributed by atoms with Gasteiger partial charge in [0.1, 0.15) is 11.6 Å². The molecule has 0 aromatic heterocycles. The maximum Gasteiger partial charge on any atom is 0.132 e. The van der Waals surface area contributed by atoms with Gasteiger partial charge in [-0.1, -0.05) is 23.9 Å². The predicted molar refractivity (Wildman–Crippen MR) is 81.0 cm³/mol. The first-order valence-corrected chi connectivity index (χ1v) is 7.25. The van der Waals surface area contributed by atoms with E-state index in [1.165, 1.54) is 6.07 Å². The molecule has 20 heavy (non-hydrogen) atoms. The molecule has 0 aliphatic carbocycles. The number of ether oxygens (including phenoxy) is 1. The van der Waals surface area contributed by atoms with Crippen molar-refractivity contribution < 1.29 is 9.13 Å². The lowest BCUT2D eigenvalue weighted by atomic mass is 10.1. The van der Waals surface area contributed by atoms with Crippen molar-refractivity contribution in [2.45, 2.75) is 22.8 Å². The smallest absolute Gasteiger partial charge is 0.132 e. The molecule has 0 fully saturated rings. The number of nitrogens with one attached hydrogen (secondary N) is 1. The van der Waals surface area contributed by atoms with E-state index in [0.29, 0.717) is 0 Å². The summed E-state index contributed by atoms with van der Waals surface area (Å²) in [7, 11) is 3.52. The first kappa shape index (κ1) is 14.9. The monoisotopic (exact) mass is 291 g/mol. The van der Waals surface area contributed by atoms with Gasteiger partial charge in [0, 0.05) is 10.9 Å². The molecule has 1 atom stereocenters. The molecule has 0 saturated carbocycles. The molecular weight excluding hydrogens is 273 g/mol. The van der Waals surface area contributed by atoms with E-state index in [9.17, 15) is 4.39 Å². The minimum Gasteiger partial charge on any atom is -0.496 e. The van der Waals surface area contributed by atoms with E-state index in [-0.39, 0.29) is 11.9 Å². The molecule has 0 amide bonds. The summed E-state index contributed by atoms with van der Waals surface area (Å²) in [5, 5.41) is 3.15. The van der Waals surface area contributed by atoms with Crippen LogP contribution in [0.3, 0.4) is 0 Å². The van der Waals surface area contributed by atoms with Gasteiger partial charge >= 0.3 is 0 Å². The topological polar surface area (TPSA) is 21.3 Å². The van der Waals surface area contributed by atoms with Crippen molar-refractivity contribution in [2.24, 2.45) is 0 Å². The summed E-state index contributed by atoms with van der Waals surface area (Å²) in [6.45, 7) is 2.01. The summed E-state index contributed by atoms with van der Waals surface area (Å²) in [5.41, 5.74) is 0.948. The normalized spacial score (nSPS) is 12.2. The van der Waals surface area contributed by atoms with Gasteiger partial charge in [0.15, 0.2) is 0 Å². The molecule has 2 nitrogen and oxygen atoms in total. The van der Waals surface area contributed by atoms with Gasteiger partial charge in [0.25, 0.3) is 0 Å². The maximum atomic E-state index is 13.5. The van der Waals surface area contributed by atoms with E-state index in [4.69, 9.17) is 4.74 Å². The summed E-state index contributed by atoms with van der Waals surface area (Å²) in [6, 6.07) is 12.8. The molecule has 0 radical (unpaired) electrons. The highest BCUT2D eigenvalue weighted by Gasteiger charge is 2.13.